The van der Waals surface area contributed by atoms with E-state index in [0.29, 0.717) is 17.9 Å². The van der Waals surface area contributed by atoms with Crippen LogP contribution in [0.15, 0.2) is 54.9 Å². The first kappa shape index (κ1) is 31.0. The average molecular weight is 623 g/mol. The number of hydrogen-bond acceptors (Lipinski definition) is 4. The standard InChI is InChI=1S/C39H50N4O3/c1-26-21-32(15-20-37(26)46-2)28-11-9-27(10-12-28)24-42(36-8-4-7-31(22-36)33-23-40-43(25-33)35-18-19-35)39(45)30-13-16-34(17-14-30)41-38(44)29-5-3-6-29/h4,7-8,15,20-23,25,27-30,34-35H,3,5-6,9-14,16-19,24H2,1-2H3,(H,41,44). The Bertz CT molecular complexity index is 1520. The molecule has 7 heteroatoms. The van der Waals surface area contributed by atoms with E-state index in [2.05, 4.69) is 75.6 Å². The van der Waals surface area contributed by atoms with E-state index < -0.39 is 0 Å². The third kappa shape index (κ3) is 6.89. The summed E-state index contributed by atoms with van der Waals surface area (Å²) in [7, 11) is 1.73. The average Bonchev–Trinajstić information content (AvgIpc) is 3.79. The van der Waals surface area contributed by atoms with Gasteiger partial charge in [0.2, 0.25) is 11.8 Å². The predicted octanol–water partition coefficient (Wildman–Crippen LogP) is 7.98. The van der Waals surface area contributed by atoms with Gasteiger partial charge in [-0.05, 0) is 131 Å². The highest BCUT2D eigenvalue weighted by molar-refractivity contribution is 5.95. The second-order valence-corrected chi connectivity index (χ2v) is 14.6. The van der Waals surface area contributed by atoms with Gasteiger partial charge in [0.05, 0.1) is 19.3 Å². The summed E-state index contributed by atoms with van der Waals surface area (Å²) in [6.07, 6.45) is 17.7. The molecule has 0 aliphatic heterocycles. The molecule has 0 saturated heterocycles. The Hall–Kier alpha value is -3.61. The predicted molar refractivity (Wildman–Crippen MR) is 182 cm³/mol. The van der Waals surface area contributed by atoms with Crippen molar-refractivity contribution in [2.45, 2.75) is 108 Å². The highest BCUT2D eigenvalue weighted by atomic mass is 16.5. The smallest absolute Gasteiger partial charge is 0.230 e. The van der Waals surface area contributed by atoms with Crippen LogP contribution < -0.4 is 15.0 Å². The maximum absolute atomic E-state index is 14.4. The van der Waals surface area contributed by atoms with Crippen molar-refractivity contribution in [3.8, 4) is 16.9 Å². The summed E-state index contributed by atoms with van der Waals surface area (Å²) in [5.74, 6) is 2.66. The van der Waals surface area contributed by atoms with Crippen molar-refractivity contribution in [3.63, 3.8) is 0 Å². The number of nitrogens with zero attached hydrogens (tertiary/aromatic N) is 3. The summed E-state index contributed by atoms with van der Waals surface area (Å²) in [6, 6.07) is 15.9. The Morgan fingerprint density at radius 3 is 2.35 bits per heavy atom. The third-order valence-electron chi connectivity index (χ3n) is 11.4. The molecular weight excluding hydrogens is 572 g/mol. The molecule has 46 heavy (non-hydrogen) atoms. The molecule has 0 radical (unpaired) electrons. The first-order chi connectivity index (χ1) is 22.4. The van der Waals surface area contributed by atoms with Gasteiger partial charge in [-0.15, -0.1) is 0 Å². The van der Waals surface area contributed by atoms with Gasteiger partial charge in [-0.2, -0.15) is 5.10 Å². The fourth-order valence-corrected chi connectivity index (χ4v) is 7.99. The van der Waals surface area contributed by atoms with E-state index in [-0.39, 0.29) is 29.7 Å². The van der Waals surface area contributed by atoms with Crippen LogP contribution in [0, 0.1) is 24.7 Å². The SMILES string of the molecule is COc1ccc(C2CCC(CN(C(=O)C3CCC(NC(=O)C4CCC4)CC3)c3cccc(-c4cnn(C5CC5)c4)c3)CC2)cc1C. The number of ether oxygens (including phenoxy) is 1. The number of nitrogens with one attached hydrogen (secondary N) is 1. The molecule has 1 N–H and O–H groups in total. The lowest BCUT2D eigenvalue weighted by Crippen LogP contribution is -2.45. The lowest BCUT2D eigenvalue weighted by molar-refractivity contribution is -0.128. The molecular formula is C39H50N4O3. The normalized spacial score (nSPS) is 25.0. The zero-order valence-corrected chi connectivity index (χ0v) is 27.6. The molecule has 2 aromatic carbocycles. The molecule has 4 saturated carbocycles. The summed E-state index contributed by atoms with van der Waals surface area (Å²) >= 11 is 0. The third-order valence-corrected chi connectivity index (χ3v) is 11.4. The van der Waals surface area contributed by atoms with Gasteiger partial charge < -0.3 is 15.0 Å². The van der Waals surface area contributed by atoms with Crippen molar-refractivity contribution < 1.29 is 14.3 Å². The molecule has 0 spiro atoms. The van der Waals surface area contributed by atoms with Crippen molar-refractivity contribution in [1.29, 1.82) is 0 Å². The van der Waals surface area contributed by atoms with E-state index in [1.807, 2.05) is 6.20 Å². The van der Waals surface area contributed by atoms with Crippen LogP contribution in [0.3, 0.4) is 0 Å². The van der Waals surface area contributed by atoms with Crippen molar-refractivity contribution >= 4 is 17.5 Å². The molecule has 4 aliphatic carbocycles. The van der Waals surface area contributed by atoms with Gasteiger partial charge in [-0.1, -0.05) is 30.7 Å². The zero-order valence-electron chi connectivity index (χ0n) is 27.6. The van der Waals surface area contributed by atoms with Crippen molar-refractivity contribution in [3.05, 3.63) is 66.0 Å². The number of benzene rings is 2. The quantitative estimate of drug-likeness (QED) is 0.249. The Labute approximate surface area is 274 Å². The number of anilines is 1. The molecule has 0 bridgehead atoms. The molecule has 0 atom stereocenters. The number of hydrogen-bond donors (Lipinski definition) is 1. The van der Waals surface area contributed by atoms with Crippen molar-refractivity contribution in [2.24, 2.45) is 17.8 Å². The Morgan fingerprint density at radius 2 is 1.67 bits per heavy atom. The summed E-state index contributed by atoms with van der Waals surface area (Å²) in [6.45, 7) is 2.88. The van der Waals surface area contributed by atoms with Crippen molar-refractivity contribution in [1.82, 2.24) is 15.1 Å². The number of carbonyl (C=O) groups is 2. The first-order valence-corrected chi connectivity index (χ1v) is 17.9. The number of carbonyl (C=O) groups excluding carboxylic acids is 2. The minimum absolute atomic E-state index is 0.00302. The maximum atomic E-state index is 14.4. The molecule has 0 unspecified atom stereocenters. The highest BCUT2D eigenvalue weighted by Crippen LogP contribution is 2.40. The largest absolute Gasteiger partial charge is 0.496 e. The summed E-state index contributed by atoms with van der Waals surface area (Å²) in [4.78, 5) is 29.1. The Kier molecular flexibility index (Phi) is 9.19. The summed E-state index contributed by atoms with van der Waals surface area (Å²) in [5, 5.41) is 7.92. The van der Waals surface area contributed by atoms with Crippen LogP contribution in [-0.2, 0) is 9.59 Å². The van der Waals surface area contributed by atoms with E-state index >= 15 is 0 Å². The van der Waals surface area contributed by atoms with Crippen LogP contribution in [0.1, 0.15) is 107 Å². The fraction of sp³-hybridized carbons (Fsp3) is 0.564. The van der Waals surface area contributed by atoms with Crippen molar-refractivity contribution in [2.75, 3.05) is 18.6 Å². The van der Waals surface area contributed by atoms with Gasteiger partial charge in [0.15, 0.2) is 0 Å². The van der Waals surface area contributed by atoms with Crippen LogP contribution in [0.25, 0.3) is 11.1 Å². The van der Waals surface area contributed by atoms with E-state index in [4.69, 9.17) is 4.74 Å². The number of aryl methyl sites for hydroxylation is 1. The van der Waals surface area contributed by atoms with Gasteiger partial charge >= 0.3 is 0 Å². The van der Waals surface area contributed by atoms with Gasteiger partial charge in [0, 0.05) is 41.9 Å². The molecule has 4 fully saturated rings. The fourth-order valence-electron chi connectivity index (χ4n) is 7.99. The Morgan fingerprint density at radius 1 is 0.891 bits per heavy atom. The van der Waals surface area contributed by atoms with Crippen LogP contribution in [-0.4, -0.2) is 41.3 Å². The number of methoxy groups -OCH3 is 1. The van der Waals surface area contributed by atoms with E-state index in [9.17, 15) is 9.59 Å². The van der Waals surface area contributed by atoms with E-state index in [1.54, 1.807) is 7.11 Å². The second kappa shape index (κ2) is 13.6. The molecule has 7 nitrogen and oxygen atoms in total. The van der Waals surface area contributed by atoms with Crippen LogP contribution >= 0.6 is 0 Å². The molecule has 1 aromatic heterocycles. The highest BCUT2D eigenvalue weighted by Gasteiger charge is 2.34. The summed E-state index contributed by atoms with van der Waals surface area (Å²) < 4.78 is 7.59. The first-order valence-electron chi connectivity index (χ1n) is 17.9. The van der Waals surface area contributed by atoms with E-state index in [1.165, 1.54) is 30.4 Å². The number of amides is 2. The molecule has 2 amide bonds. The van der Waals surface area contributed by atoms with Gasteiger partial charge in [0.1, 0.15) is 5.75 Å². The second-order valence-electron chi connectivity index (χ2n) is 14.6. The molecule has 3 aromatic rings. The zero-order chi connectivity index (χ0) is 31.6. The van der Waals surface area contributed by atoms with Gasteiger partial charge in [-0.3, -0.25) is 14.3 Å². The van der Waals surface area contributed by atoms with Gasteiger partial charge in [-0.25, -0.2) is 0 Å². The number of rotatable bonds is 10. The topological polar surface area (TPSA) is 76.5 Å². The monoisotopic (exact) mass is 622 g/mol. The Balaban J connectivity index is 1.05. The lowest BCUT2D eigenvalue weighted by atomic mass is 9.78. The number of aromatic nitrogens is 2. The molecule has 1 heterocycles. The van der Waals surface area contributed by atoms with E-state index in [0.717, 1.165) is 93.3 Å². The van der Waals surface area contributed by atoms with Crippen LogP contribution in [0.2, 0.25) is 0 Å². The van der Waals surface area contributed by atoms with Gasteiger partial charge in [0.25, 0.3) is 0 Å². The molecule has 7 rings (SSSR count). The minimum atomic E-state index is -0.00302. The summed E-state index contributed by atoms with van der Waals surface area (Å²) in [5.41, 5.74) is 5.82. The van der Waals surface area contributed by atoms with Crippen LogP contribution in [0.5, 0.6) is 5.75 Å². The lowest BCUT2D eigenvalue weighted by Gasteiger charge is -2.37. The molecule has 244 valence electrons. The maximum Gasteiger partial charge on any atom is 0.230 e. The molecule has 4 aliphatic rings. The minimum Gasteiger partial charge on any atom is -0.496 e. The van der Waals surface area contributed by atoms with Crippen LogP contribution in [0.4, 0.5) is 5.69 Å².